The maximum Gasteiger partial charge on any atom is 0.236 e. The first-order valence-corrected chi connectivity index (χ1v) is 7.00. The van der Waals surface area contributed by atoms with E-state index >= 15 is 0 Å². The highest BCUT2D eigenvalue weighted by atomic mass is 32.2. The molecule has 0 bridgehead atoms. The number of benzene rings is 1. The van der Waals surface area contributed by atoms with Crippen LogP contribution >= 0.6 is 0 Å². The number of carbonyl (C=O) groups is 1. The van der Waals surface area contributed by atoms with Crippen LogP contribution in [0.2, 0.25) is 0 Å². The topological polar surface area (TPSA) is 72.2 Å². The van der Waals surface area contributed by atoms with Gasteiger partial charge in [-0.2, -0.15) is 0 Å². The smallest absolute Gasteiger partial charge is 0.236 e. The Morgan fingerprint density at radius 1 is 1.41 bits per heavy atom. The van der Waals surface area contributed by atoms with Gasteiger partial charge in [0.1, 0.15) is 5.75 Å². The lowest BCUT2D eigenvalue weighted by Crippen LogP contribution is -2.25. The highest BCUT2D eigenvalue weighted by Gasteiger charge is 2.11. The largest absolute Gasteiger partial charge is 0.330 e. The van der Waals surface area contributed by atoms with Gasteiger partial charge in [-0.15, -0.1) is 0 Å². The van der Waals surface area contributed by atoms with Crippen LogP contribution in [0.15, 0.2) is 30.3 Å². The van der Waals surface area contributed by atoms with Crippen LogP contribution in [0.3, 0.4) is 0 Å². The molecule has 17 heavy (non-hydrogen) atoms. The highest BCUT2D eigenvalue weighted by molar-refractivity contribution is 7.85. The van der Waals surface area contributed by atoms with Crippen LogP contribution in [0.4, 0.5) is 5.69 Å². The van der Waals surface area contributed by atoms with Gasteiger partial charge in [0.25, 0.3) is 0 Å². The van der Waals surface area contributed by atoms with Crippen molar-refractivity contribution in [2.45, 2.75) is 6.92 Å². The van der Waals surface area contributed by atoms with Crippen molar-refractivity contribution in [2.24, 2.45) is 11.7 Å². The van der Waals surface area contributed by atoms with Crippen molar-refractivity contribution in [1.29, 1.82) is 0 Å². The second kappa shape index (κ2) is 7.19. The fourth-order valence-electron chi connectivity index (χ4n) is 1.31. The molecule has 0 aliphatic heterocycles. The number of anilines is 1. The second-order valence-electron chi connectivity index (χ2n) is 4.01. The molecule has 0 spiro atoms. The first kappa shape index (κ1) is 13.9. The predicted molar refractivity (Wildman–Crippen MR) is 71.2 cm³/mol. The molecule has 0 saturated heterocycles. The molecule has 0 aliphatic rings. The Kier molecular flexibility index (Phi) is 5.86. The van der Waals surface area contributed by atoms with E-state index in [1.54, 1.807) is 12.1 Å². The standard InChI is InChI=1S/C12H18N2O2S/c1-10(7-13)8-17(16)9-12(15)14-11-5-3-2-4-6-11/h2-6,10H,7-9,13H2,1H3,(H,14,15). The van der Waals surface area contributed by atoms with E-state index in [9.17, 15) is 9.00 Å². The number of hydrogen-bond donors (Lipinski definition) is 2. The molecule has 1 aromatic rings. The molecule has 1 aromatic carbocycles. The lowest BCUT2D eigenvalue weighted by Gasteiger charge is -2.08. The van der Waals surface area contributed by atoms with E-state index in [2.05, 4.69) is 5.32 Å². The van der Waals surface area contributed by atoms with Crippen LogP contribution in [0.25, 0.3) is 0 Å². The van der Waals surface area contributed by atoms with Gasteiger partial charge in [-0.1, -0.05) is 25.1 Å². The van der Waals surface area contributed by atoms with E-state index in [-0.39, 0.29) is 17.6 Å². The SMILES string of the molecule is CC(CN)CS(=O)CC(=O)Nc1ccccc1. The molecule has 4 nitrogen and oxygen atoms in total. The summed E-state index contributed by atoms with van der Waals surface area (Å²) in [5, 5.41) is 2.70. The third kappa shape index (κ3) is 5.60. The molecule has 0 radical (unpaired) electrons. The molecule has 1 amide bonds. The summed E-state index contributed by atoms with van der Waals surface area (Å²) in [5.41, 5.74) is 6.16. The molecule has 0 heterocycles. The minimum absolute atomic E-state index is 0.0270. The van der Waals surface area contributed by atoms with Gasteiger partial charge in [0.15, 0.2) is 0 Å². The first-order valence-electron chi connectivity index (χ1n) is 5.51. The average Bonchev–Trinajstić information content (AvgIpc) is 2.29. The number of nitrogens with one attached hydrogen (secondary N) is 1. The number of nitrogens with two attached hydrogens (primary N) is 1. The van der Waals surface area contributed by atoms with Gasteiger partial charge in [-0.05, 0) is 24.6 Å². The van der Waals surface area contributed by atoms with Crippen LogP contribution in [-0.4, -0.2) is 28.2 Å². The number of para-hydroxylation sites is 1. The van der Waals surface area contributed by atoms with Gasteiger partial charge in [-0.25, -0.2) is 0 Å². The molecule has 5 heteroatoms. The molecule has 2 unspecified atom stereocenters. The fraction of sp³-hybridized carbons (Fsp3) is 0.417. The summed E-state index contributed by atoms with van der Waals surface area (Å²) in [6.45, 7) is 2.42. The number of carbonyl (C=O) groups excluding carboxylic acids is 1. The van der Waals surface area contributed by atoms with Gasteiger partial charge in [0.05, 0.1) is 0 Å². The van der Waals surface area contributed by atoms with Crippen LogP contribution in [0.1, 0.15) is 6.92 Å². The minimum Gasteiger partial charge on any atom is -0.330 e. The Labute approximate surface area is 104 Å². The minimum atomic E-state index is -1.15. The zero-order chi connectivity index (χ0) is 12.7. The first-order chi connectivity index (χ1) is 8.11. The Morgan fingerprint density at radius 2 is 2.06 bits per heavy atom. The second-order valence-corrected chi connectivity index (χ2v) is 5.51. The predicted octanol–water partition coefficient (Wildman–Crippen LogP) is 0.969. The van der Waals surface area contributed by atoms with Crippen molar-refractivity contribution >= 4 is 22.4 Å². The van der Waals surface area contributed by atoms with E-state index in [4.69, 9.17) is 5.73 Å². The van der Waals surface area contributed by atoms with Crippen molar-refractivity contribution in [3.8, 4) is 0 Å². The van der Waals surface area contributed by atoms with Crippen molar-refractivity contribution in [3.63, 3.8) is 0 Å². The summed E-state index contributed by atoms with van der Waals surface area (Å²) in [4.78, 5) is 11.6. The Morgan fingerprint density at radius 3 is 2.65 bits per heavy atom. The summed E-state index contributed by atoms with van der Waals surface area (Å²) in [5.74, 6) is 0.455. The van der Waals surface area contributed by atoms with E-state index in [0.717, 1.165) is 5.69 Å². The molecule has 1 rings (SSSR count). The van der Waals surface area contributed by atoms with E-state index < -0.39 is 10.8 Å². The fourth-order valence-corrected chi connectivity index (χ4v) is 2.56. The average molecular weight is 254 g/mol. The van der Waals surface area contributed by atoms with Crippen molar-refractivity contribution in [1.82, 2.24) is 0 Å². The van der Waals surface area contributed by atoms with Gasteiger partial charge in [0.2, 0.25) is 5.91 Å². The molecular weight excluding hydrogens is 236 g/mol. The molecule has 2 atom stereocenters. The molecule has 0 saturated carbocycles. The van der Waals surface area contributed by atoms with Crippen LogP contribution in [0.5, 0.6) is 0 Å². The summed E-state index contributed by atoms with van der Waals surface area (Å²) in [6.07, 6.45) is 0. The number of amides is 1. The van der Waals surface area contributed by atoms with Crippen LogP contribution < -0.4 is 11.1 Å². The summed E-state index contributed by atoms with van der Waals surface area (Å²) < 4.78 is 11.6. The molecule has 0 fully saturated rings. The van der Waals surface area contributed by atoms with Crippen LogP contribution in [0, 0.1) is 5.92 Å². The van der Waals surface area contributed by atoms with Gasteiger partial charge in [0, 0.05) is 22.2 Å². The lowest BCUT2D eigenvalue weighted by atomic mass is 10.2. The molecule has 0 aromatic heterocycles. The van der Waals surface area contributed by atoms with Gasteiger partial charge < -0.3 is 11.1 Å². The summed E-state index contributed by atoms with van der Waals surface area (Å²) >= 11 is 0. The van der Waals surface area contributed by atoms with Crippen molar-refractivity contribution in [2.75, 3.05) is 23.4 Å². The molecule has 0 aliphatic carbocycles. The zero-order valence-corrected chi connectivity index (χ0v) is 10.7. The quantitative estimate of drug-likeness (QED) is 0.794. The molecular formula is C12H18N2O2S. The van der Waals surface area contributed by atoms with Crippen LogP contribution in [-0.2, 0) is 15.6 Å². The van der Waals surface area contributed by atoms with Crippen molar-refractivity contribution < 1.29 is 9.00 Å². The summed E-state index contributed by atoms with van der Waals surface area (Å²) in [6, 6.07) is 9.13. The van der Waals surface area contributed by atoms with E-state index in [1.807, 2.05) is 25.1 Å². The summed E-state index contributed by atoms with van der Waals surface area (Å²) in [7, 11) is -1.15. The van der Waals surface area contributed by atoms with Gasteiger partial charge >= 0.3 is 0 Å². The third-order valence-corrected chi connectivity index (χ3v) is 3.75. The van der Waals surface area contributed by atoms with E-state index in [1.165, 1.54) is 0 Å². The monoisotopic (exact) mass is 254 g/mol. The van der Waals surface area contributed by atoms with Gasteiger partial charge in [-0.3, -0.25) is 9.00 Å². The third-order valence-electron chi connectivity index (χ3n) is 2.22. The highest BCUT2D eigenvalue weighted by Crippen LogP contribution is 2.05. The molecule has 3 N–H and O–H groups in total. The lowest BCUT2D eigenvalue weighted by molar-refractivity contribution is -0.113. The Bertz CT molecular complexity index is 381. The van der Waals surface area contributed by atoms with E-state index in [0.29, 0.717) is 12.3 Å². The Balaban J connectivity index is 2.37. The Hall–Kier alpha value is -1.20. The molecule has 94 valence electrons. The van der Waals surface area contributed by atoms with Crippen molar-refractivity contribution in [3.05, 3.63) is 30.3 Å². The number of hydrogen-bond acceptors (Lipinski definition) is 3. The maximum atomic E-state index is 11.6. The zero-order valence-electron chi connectivity index (χ0n) is 9.89. The normalized spacial score (nSPS) is 14.0. The maximum absolute atomic E-state index is 11.6. The number of rotatable bonds is 6.